The fraction of sp³-hybridized carbons (Fsp3) is 0.125. The molecule has 0 atom stereocenters. The summed E-state index contributed by atoms with van der Waals surface area (Å²) in [5.41, 5.74) is 7.04. The molecule has 2 rings (SSSR count). The Morgan fingerprint density at radius 3 is 2.38 bits per heavy atom. The highest BCUT2D eigenvalue weighted by molar-refractivity contribution is 6.04. The molecule has 0 radical (unpaired) electrons. The Bertz CT molecular complexity index is 643. The topological polar surface area (TPSA) is 88.1 Å². The number of nitrogens with two attached hydrogens (primary N) is 1. The van der Waals surface area contributed by atoms with Crippen molar-refractivity contribution < 1.29 is 9.53 Å². The van der Waals surface area contributed by atoms with Gasteiger partial charge in [-0.15, -0.1) is 0 Å². The van der Waals surface area contributed by atoms with Crippen LogP contribution in [-0.4, -0.2) is 19.1 Å². The van der Waals surface area contributed by atoms with Crippen LogP contribution >= 0.6 is 0 Å². The van der Waals surface area contributed by atoms with Gasteiger partial charge in [0.05, 0.1) is 11.6 Å². The fourth-order valence-corrected chi connectivity index (χ4v) is 1.71. The summed E-state index contributed by atoms with van der Waals surface area (Å²) in [5.74, 6) is 0.479. The molecule has 0 saturated carbocycles. The van der Waals surface area contributed by atoms with Crippen LogP contribution in [0.1, 0.15) is 15.9 Å². The lowest BCUT2D eigenvalue weighted by atomic mass is 10.1. The van der Waals surface area contributed by atoms with Crippen LogP contribution in [-0.2, 0) is 0 Å². The van der Waals surface area contributed by atoms with E-state index in [9.17, 15) is 4.79 Å². The first-order valence-electron chi connectivity index (χ1n) is 6.47. The van der Waals surface area contributed by atoms with Crippen molar-refractivity contribution in [1.29, 1.82) is 5.26 Å². The van der Waals surface area contributed by atoms with E-state index in [2.05, 4.69) is 5.32 Å². The van der Waals surface area contributed by atoms with Gasteiger partial charge in [0.15, 0.2) is 0 Å². The van der Waals surface area contributed by atoms with Crippen molar-refractivity contribution in [2.75, 3.05) is 18.5 Å². The molecule has 106 valence electrons. The van der Waals surface area contributed by atoms with E-state index in [1.54, 1.807) is 48.5 Å². The molecule has 0 aliphatic rings. The van der Waals surface area contributed by atoms with E-state index < -0.39 is 0 Å². The van der Waals surface area contributed by atoms with Crippen molar-refractivity contribution in [3.05, 3.63) is 59.7 Å². The summed E-state index contributed by atoms with van der Waals surface area (Å²) in [6.45, 7) is 0.911. The molecular weight excluding hydrogens is 266 g/mol. The van der Waals surface area contributed by atoms with Crippen molar-refractivity contribution in [2.24, 2.45) is 5.73 Å². The number of carbonyl (C=O) groups is 1. The Morgan fingerprint density at radius 2 is 1.81 bits per heavy atom. The van der Waals surface area contributed by atoms with Gasteiger partial charge in [0.2, 0.25) is 0 Å². The fourth-order valence-electron chi connectivity index (χ4n) is 1.71. The van der Waals surface area contributed by atoms with Gasteiger partial charge in [-0.05, 0) is 48.5 Å². The number of hydrogen-bond donors (Lipinski definition) is 2. The summed E-state index contributed by atoms with van der Waals surface area (Å²) >= 11 is 0. The lowest BCUT2D eigenvalue weighted by Crippen LogP contribution is -2.12. The summed E-state index contributed by atoms with van der Waals surface area (Å²) in [6, 6.07) is 15.5. The van der Waals surface area contributed by atoms with Crippen molar-refractivity contribution in [3.63, 3.8) is 0 Å². The van der Waals surface area contributed by atoms with E-state index in [0.717, 1.165) is 0 Å². The Kier molecular flexibility index (Phi) is 4.91. The van der Waals surface area contributed by atoms with E-state index >= 15 is 0 Å². The number of carbonyl (C=O) groups excluding carboxylic acids is 1. The second-order valence-corrected chi connectivity index (χ2v) is 4.30. The van der Waals surface area contributed by atoms with Crippen LogP contribution < -0.4 is 15.8 Å². The largest absolute Gasteiger partial charge is 0.492 e. The molecule has 3 N–H and O–H groups in total. The van der Waals surface area contributed by atoms with E-state index in [0.29, 0.717) is 35.7 Å². The Hall–Kier alpha value is -2.84. The first-order valence-corrected chi connectivity index (χ1v) is 6.47. The number of hydrogen-bond acceptors (Lipinski definition) is 4. The van der Waals surface area contributed by atoms with Crippen molar-refractivity contribution in [1.82, 2.24) is 0 Å². The van der Waals surface area contributed by atoms with Crippen LogP contribution in [0.2, 0.25) is 0 Å². The number of nitrogens with one attached hydrogen (secondary N) is 1. The van der Waals surface area contributed by atoms with Crippen molar-refractivity contribution >= 4 is 11.6 Å². The van der Waals surface area contributed by atoms with Crippen LogP contribution in [0.3, 0.4) is 0 Å². The number of ether oxygens (including phenoxy) is 1. The molecule has 0 bridgehead atoms. The Balaban J connectivity index is 2.00. The standard InChI is InChI=1S/C16H15N3O2/c17-9-10-21-15-7-5-14(6-8-15)19-16(20)13-3-1-12(11-18)2-4-13/h1-8H,9-10,17H2,(H,19,20). The molecule has 5 heteroatoms. The molecule has 2 aromatic carbocycles. The van der Waals surface area contributed by atoms with Gasteiger partial charge >= 0.3 is 0 Å². The third-order valence-corrected chi connectivity index (χ3v) is 2.77. The number of benzene rings is 2. The van der Waals surface area contributed by atoms with Crippen LogP contribution in [0, 0.1) is 11.3 Å². The predicted molar refractivity (Wildman–Crippen MR) is 80.1 cm³/mol. The monoisotopic (exact) mass is 281 g/mol. The number of rotatable bonds is 5. The minimum Gasteiger partial charge on any atom is -0.492 e. The van der Waals surface area contributed by atoms with Gasteiger partial charge in [-0.25, -0.2) is 0 Å². The predicted octanol–water partition coefficient (Wildman–Crippen LogP) is 2.15. The molecule has 0 aromatic heterocycles. The summed E-state index contributed by atoms with van der Waals surface area (Å²) in [7, 11) is 0. The molecule has 0 unspecified atom stereocenters. The average molecular weight is 281 g/mol. The van der Waals surface area contributed by atoms with Gasteiger partial charge < -0.3 is 15.8 Å². The van der Waals surface area contributed by atoms with Crippen molar-refractivity contribution in [2.45, 2.75) is 0 Å². The summed E-state index contributed by atoms with van der Waals surface area (Å²) in [4.78, 5) is 12.0. The molecule has 1 amide bonds. The minimum atomic E-state index is -0.227. The molecule has 0 saturated heterocycles. The zero-order chi connectivity index (χ0) is 15.1. The third kappa shape index (κ3) is 4.06. The van der Waals surface area contributed by atoms with Crippen LogP contribution in [0.25, 0.3) is 0 Å². The second kappa shape index (κ2) is 7.08. The highest BCUT2D eigenvalue weighted by Crippen LogP contribution is 2.16. The normalized spacial score (nSPS) is 9.71. The Labute approximate surface area is 123 Å². The van der Waals surface area contributed by atoms with Gasteiger partial charge in [0.25, 0.3) is 5.91 Å². The van der Waals surface area contributed by atoms with Gasteiger partial charge in [-0.3, -0.25) is 4.79 Å². The quantitative estimate of drug-likeness (QED) is 0.879. The lowest BCUT2D eigenvalue weighted by Gasteiger charge is -2.07. The van der Waals surface area contributed by atoms with Crippen LogP contribution in [0.15, 0.2) is 48.5 Å². The highest BCUT2D eigenvalue weighted by Gasteiger charge is 2.06. The molecule has 0 aliphatic heterocycles. The molecule has 21 heavy (non-hydrogen) atoms. The van der Waals surface area contributed by atoms with E-state index in [1.807, 2.05) is 6.07 Å². The third-order valence-electron chi connectivity index (χ3n) is 2.77. The van der Waals surface area contributed by atoms with Gasteiger partial charge in [-0.1, -0.05) is 0 Å². The van der Waals surface area contributed by atoms with Gasteiger partial charge in [-0.2, -0.15) is 5.26 Å². The second-order valence-electron chi connectivity index (χ2n) is 4.30. The first kappa shape index (κ1) is 14.6. The maximum atomic E-state index is 12.0. The maximum Gasteiger partial charge on any atom is 0.255 e. The molecule has 0 aliphatic carbocycles. The minimum absolute atomic E-state index is 0.227. The molecule has 5 nitrogen and oxygen atoms in total. The molecule has 0 heterocycles. The summed E-state index contributed by atoms with van der Waals surface area (Å²) in [5, 5.41) is 11.5. The van der Waals surface area contributed by atoms with Gasteiger partial charge in [0, 0.05) is 17.8 Å². The van der Waals surface area contributed by atoms with E-state index in [4.69, 9.17) is 15.7 Å². The smallest absolute Gasteiger partial charge is 0.255 e. The van der Waals surface area contributed by atoms with Gasteiger partial charge in [0.1, 0.15) is 12.4 Å². The summed E-state index contributed by atoms with van der Waals surface area (Å²) in [6.07, 6.45) is 0. The lowest BCUT2D eigenvalue weighted by molar-refractivity contribution is 0.102. The zero-order valence-electron chi connectivity index (χ0n) is 11.4. The number of nitriles is 1. The number of amides is 1. The van der Waals surface area contributed by atoms with E-state index in [-0.39, 0.29) is 5.91 Å². The first-order chi connectivity index (χ1) is 10.2. The molecule has 2 aromatic rings. The highest BCUT2D eigenvalue weighted by atomic mass is 16.5. The average Bonchev–Trinajstić information content (AvgIpc) is 2.54. The zero-order valence-corrected chi connectivity index (χ0v) is 11.4. The number of nitrogens with zero attached hydrogens (tertiary/aromatic N) is 1. The molecule has 0 spiro atoms. The van der Waals surface area contributed by atoms with E-state index in [1.165, 1.54) is 0 Å². The Morgan fingerprint density at radius 1 is 1.14 bits per heavy atom. The van der Waals surface area contributed by atoms with Crippen LogP contribution in [0.5, 0.6) is 5.75 Å². The maximum absolute atomic E-state index is 12.0. The molecular formula is C16H15N3O2. The summed E-state index contributed by atoms with van der Waals surface area (Å²) < 4.78 is 5.36. The molecule has 0 fully saturated rings. The van der Waals surface area contributed by atoms with Crippen molar-refractivity contribution in [3.8, 4) is 11.8 Å². The number of anilines is 1. The SMILES string of the molecule is N#Cc1ccc(C(=O)Nc2ccc(OCCN)cc2)cc1. The van der Waals surface area contributed by atoms with Crippen LogP contribution in [0.4, 0.5) is 5.69 Å².